The van der Waals surface area contributed by atoms with E-state index in [1.807, 2.05) is 105 Å². The molecule has 8 nitrogen and oxygen atoms in total. The zero-order valence-corrected chi connectivity index (χ0v) is 27.2. The Bertz CT molecular complexity index is 1560. The third kappa shape index (κ3) is 9.42. The molecule has 242 valence electrons. The van der Waals surface area contributed by atoms with E-state index in [9.17, 15) is 4.79 Å². The number of pyridine rings is 1. The van der Waals surface area contributed by atoms with Crippen molar-refractivity contribution in [2.24, 2.45) is 0 Å². The number of aromatic nitrogens is 1. The first-order valence-electron chi connectivity index (χ1n) is 15.5. The summed E-state index contributed by atoms with van der Waals surface area (Å²) in [5, 5.41) is 0. The Kier molecular flexibility index (Phi) is 11.9. The maximum absolute atomic E-state index is 13.0. The molecule has 1 fully saturated rings. The van der Waals surface area contributed by atoms with Crippen molar-refractivity contribution in [2.75, 3.05) is 0 Å². The Balaban J connectivity index is 1.38. The van der Waals surface area contributed by atoms with E-state index in [1.165, 1.54) is 4.73 Å². The maximum Gasteiger partial charge on any atom is 0.361 e. The van der Waals surface area contributed by atoms with E-state index >= 15 is 0 Å². The Labute approximate surface area is 275 Å². The van der Waals surface area contributed by atoms with Crippen LogP contribution in [0.15, 0.2) is 115 Å². The van der Waals surface area contributed by atoms with E-state index in [2.05, 4.69) is 0 Å². The molecule has 4 aromatic rings. The minimum absolute atomic E-state index is 0.319. The number of nitrogens with zero attached hydrogens (tertiary/aromatic N) is 1. The first-order chi connectivity index (χ1) is 22.3. The summed E-state index contributed by atoms with van der Waals surface area (Å²) in [7, 11) is 0. The molecule has 5 rings (SSSR count). The fourth-order valence-electron chi connectivity index (χ4n) is 5.23. The smallest absolute Gasteiger partial charge is 0.361 e. The van der Waals surface area contributed by atoms with E-state index < -0.39 is 42.3 Å². The lowest BCUT2D eigenvalue weighted by Gasteiger charge is -2.47. The van der Waals surface area contributed by atoms with Gasteiger partial charge in [-0.25, -0.2) is 4.79 Å². The standard InChI is InChI=1S/C37H41NO7S/c1-27(36(39)45-38-22-14-13-21-32(38)46)43-33-23-31(40-24-28-15-7-4-8-16-28)34(41-25-29-17-9-5-10-18-29)35(44-33)37(2,3)42-26-30-19-11-6-12-20-30/h4-22,27,31,33-35H,23-26H2,1-3H3/t27-,31+,33-,34-,35-/m0/s1. The predicted molar refractivity (Wildman–Crippen MR) is 176 cm³/mol. The normalized spacial score (nSPS) is 20.6. The fourth-order valence-corrected chi connectivity index (χ4v) is 5.41. The number of carbonyl (C=O) groups excluding carboxylic acids is 1. The molecule has 0 saturated carbocycles. The Morgan fingerprint density at radius 1 is 0.826 bits per heavy atom. The average Bonchev–Trinajstić information content (AvgIpc) is 3.08. The van der Waals surface area contributed by atoms with Gasteiger partial charge >= 0.3 is 5.97 Å². The molecule has 9 heteroatoms. The number of rotatable bonds is 14. The molecule has 0 spiro atoms. The van der Waals surface area contributed by atoms with E-state index in [0.29, 0.717) is 30.9 Å². The predicted octanol–water partition coefficient (Wildman–Crippen LogP) is 6.86. The highest BCUT2D eigenvalue weighted by atomic mass is 32.1. The van der Waals surface area contributed by atoms with Crippen LogP contribution in [0.1, 0.15) is 43.9 Å². The van der Waals surface area contributed by atoms with Gasteiger partial charge < -0.3 is 28.5 Å². The third-order valence-corrected chi connectivity index (χ3v) is 8.10. The molecule has 0 bridgehead atoms. The molecule has 0 radical (unpaired) electrons. The maximum atomic E-state index is 13.0. The van der Waals surface area contributed by atoms with Crippen molar-refractivity contribution in [3.05, 3.63) is 137 Å². The number of hydrogen-bond donors (Lipinski definition) is 0. The monoisotopic (exact) mass is 643 g/mol. The minimum atomic E-state index is -0.960. The summed E-state index contributed by atoms with van der Waals surface area (Å²) < 4.78 is 34.2. The summed E-state index contributed by atoms with van der Waals surface area (Å²) in [6.45, 7) is 6.68. The van der Waals surface area contributed by atoms with Crippen LogP contribution in [0.3, 0.4) is 0 Å². The lowest BCUT2D eigenvalue weighted by molar-refractivity contribution is -0.311. The molecule has 0 amide bonds. The van der Waals surface area contributed by atoms with Crippen LogP contribution in [-0.4, -0.2) is 47.0 Å². The number of hydrogen-bond acceptors (Lipinski definition) is 8. The number of ether oxygens (including phenoxy) is 5. The van der Waals surface area contributed by atoms with Crippen molar-refractivity contribution < 1.29 is 33.3 Å². The molecule has 0 N–H and O–H groups in total. The highest BCUT2D eigenvalue weighted by Gasteiger charge is 2.49. The van der Waals surface area contributed by atoms with Crippen molar-refractivity contribution in [1.29, 1.82) is 0 Å². The SMILES string of the molecule is C[C@H](O[C@@H]1C[C@@H](OCc2ccccc2)[C@H](OCc2ccccc2)[C@@H](C(C)(C)OCc2ccccc2)O1)C(=O)On1ccccc1=S. The van der Waals surface area contributed by atoms with Gasteiger partial charge in [0.2, 0.25) is 0 Å². The summed E-state index contributed by atoms with van der Waals surface area (Å²) in [4.78, 5) is 18.5. The lowest BCUT2D eigenvalue weighted by atomic mass is 9.89. The zero-order chi connectivity index (χ0) is 32.4. The molecule has 2 heterocycles. The molecule has 3 aromatic carbocycles. The molecule has 5 atom stereocenters. The van der Waals surface area contributed by atoms with Gasteiger partial charge in [0.1, 0.15) is 16.8 Å². The molecule has 0 unspecified atom stereocenters. The van der Waals surface area contributed by atoms with Crippen LogP contribution in [0.2, 0.25) is 0 Å². The summed E-state index contributed by atoms with van der Waals surface area (Å²) in [6, 6.07) is 35.1. The second kappa shape index (κ2) is 16.2. The van der Waals surface area contributed by atoms with Crippen LogP contribution in [-0.2, 0) is 48.3 Å². The molecular formula is C37H41NO7S. The molecule has 1 aromatic heterocycles. The summed E-state index contributed by atoms with van der Waals surface area (Å²) >= 11 is 5.27. The number of benzene rings is 3. The van der Waals surface area contributed by atoms with Crippen LogP contribution in [0.5, 0.6) is 0 Å². The van der Waals surface area contributed by atoms with Gasteiger partial charge in [-0.2, -0.15) is 4.73 Å². The lowest BCUT2D eigenvalue weighted by Crippen LogP contribution is -2.60. The van der Waals surface area contributed by atoms with Gasteiger partial charge in [0.05, 0.1) is 31.5 Å². The first-order valence-corrected chi connectivity index (χ1v) is 15.9. The summed E-state index contributed by atoms with van der Waals surface area (Å²) in [5.41, 5.74) is 2.25. The third-order valence-electron chi connectivity index (χ3n) is 7.78. The highest BCUT2D eigenvalue weighted by molar-refractivity contribution is 7.71. The van der Waals surface area contributed by atoms with E-state index in [4.69, 9.17) is 40.7 Å². The van der Waals surface area contributed by atoms with Gasteiger partial charge in [-0.15, -0.1) is 0 Å². The molecule has 0 aliphatic carbocycles. The first kappa shape index (κ1) is 33.7. The van der Waals surface area contributed by atoms with Crippen molar-refractivity contribution in [3.63, 3.8) is 0 Å². The summed E-state index contributed by atoms with van der Waals surface area (Å²) in [6.07, 6.45) is -1.46. The van der Waals surface area contributed by atoms with E-state index in [0.717, 1.165) is 16.7 Å². The second-order valence-corrected chi connectivity index (χ2v) is 12.2. The van der Waals surface area contributed by atoms with Crippen molar-refractivity contribution in [1.82, 2.24) is 4.73 Å². The van der Waals surface area contributed by atoms with E-state index in [-0.39, 0.29) is 0 Å². The average molecular weight is 644 g/mol. The Hall–Kier alpha value is -3.70. The number of carbonyl (C=O) groups is 1. The second-order valence-electron chi connectivity index (χ2n) is 11.7. The molecule has 1 saturated heterocycles. The van der Waals surface area contributed by atoms with Gasteiger partial charge in [0, 0.05) is 12.6 Å². The van der Waals surface area contributed by atoms with Crippen molar-refractivity contribution in [3.8, 4) is 0 Å². The van der Waals surface area contributed by atoms with Gasteiger partial charge in [0.25, 0.3) is 0 Å². The van der Waals surface area contributed by atoms with Gasteiger partial charge in [-0.3, -0.25) is 0 Å². The Morgan fingerprint density at radius 2 is 1.37 bits per heavy atom. The molecule has 1 aliphatic heterocycles. The van der Waals surface area contributed by atoms with Gasteiger partial charge in [-0.1, -0.05) is 109 Å². The largest absolute Gasteiger partial charge is 0.371 e. The quantitative estimate of drug-likeness (QED) is 0.138. The van der Waals surface area contributed by atoms with Crippen LogP contribution in [0.25, 0.3) is 0 Å². The van der Waals surface area contributed by atoms with Crippen molar-refractivity contribution in [2.45, 2.75) is 83.3 Å². The fraction of sp³-hybridized carbons (Fsp3) is 0.351. The van der Waals surface area contributed by atoms with Crippen LogP contribution in [0.4, 0.5) is 0 Å². The molecule has 46 heavy (non-hydrogen) atoms. The van der Waals surface area contributed by atoms with Crippen LogP contribution in [0, 0.1) is 4.64 Å². The summed E-state index contributed by atoms with van der Waals surface area (Å²) in [5.74, 6) is -0.605. The van der Waals surface area contributed by atoms with Gasteiger partial charge in [0.15, 0.2) is 12.4 Å². The van der Waals surface area contributed by atoms with Gasteiger partial charge in [-0.05, 0) is 49.6 Å². The topological polar surface area (TPSA) is 77.4 Å². The van der Waals surface area contributed by atoms with Crippen LogP contribution < -0.4 is 4.84 Å². The van der Waals surface area contributed by atoms with Crippen LogP contribution >= 0.6 is 12.2 Å². The zero-order valence-electron chi connectivity index (χ0n) is 26.4. The molecular weight excluding hydrogens is 602 g/mol. The highest BCUT2D eigenvalue weighted by Crippen LogP contribution is 2.35. The van der Waals surface area contributed by atoms with E-state index in [1.54, 1.807) is 31.3 Å². The molecule has 1 aliphatic rings. The Morgan fingerprint density at radius 3 is 1.96 bits per heavy atom. The minimum Gasteiger partial charge on any atom is -0.371 e. The van der Waals surface area contributed by atoms with Crippen molar-refractivity contribution >= 4 is 18.2 Å².